The van der Waals surface area contributed by atoms with Gasteiger partial charge < -0.3 is 14.6 Å². The largest absolute Gasteiger partial charge is 0.497 e. The van der Waals surface area contributed by atoms with Crippen LogP contribution in [0.15, 0.2) is 45.6 Å². The molecule has 0 radical (unpaired) electrons. The Bertz CT molecular complexity index is 782. The van der Waals surface area contributed by atoms with Crippen LogP contribution in [-0.4, -0.2) is 29.7 Å². The van der Waals surface area contributed by atoms with E-state index in [1.54, 1.807) is 13.2 Å². The van der Waals surface area contributed by atoms with Crippen LogP contribution in [0.5, 0.6) is 5.75 Å². The average molecular weight is 343 g/mol. The van der Waals surface area contributed by atoms with Gasteiger partial charge in [-0.05, 0) is 29.1 Å². The summed E-state index contributed by atoms with van der Waals surface area (Å²) in [6.07, 6.45) is 1.10. The SMILES string of the molecule is COc1ccc(Cc2noc(CCNC(=O)c3ccsc3)n2)cc1. The Morgan fingerprint density at radius 3 is 2.83 bits per heavy atom. The molecule has 1 amide bonds. The lowest BCUT2D eigenvalue weighted by Crippen LogP contribution is -2.25. The quantitative estimate of drug-likeness (QED) is 0.714. The van der Waals surface area contributed by atoms with Crippen molar-refractivity contribution >= 4 is 17.2 Å². The van der Waals surface area contributed by atoms with Crippen molar-refractivity contribution in [2.45, 2.75) is 12.8 Å². The lowest BCUT2D eigenvalue weighted by atomic mass is 10.1. The molecule has 0 atom stereocenters. The van der Waals surface area contributed by atoms with Gasteiger partial charge in [-0.3, -0.25) is 4.79 Å². The first kappa shape index (κ1) is 16.2. The molecular formula is C17H17N3O3S. The first-order chi connectivity index (χ1) is 11.7. The maximum Gasteiger partial charge on any atom is 0.252 e. The topological polar surface area (TPSA) is 77.3 Å². The monoisotopic (exact) mass is 343 g/mol. The zero-order chi connectivity index (χ0) is 16.8. The molecule has 124 valence electrons. The molecule has 1 N–H and O–H groups in total. The van der Waals surface area contributed by atoms with Gasteiger partial charge in [-0.15, -0.1) is 0 Å². The number of nitrogens with zero attached hydrogens (tertiary/aromatic N) is 2. The predicted octanol–water partition coefficient (Wildman–Crippen LogP) is 2.70. The number of methoxy groups -OCH3 is 1. The normalized spacial score (nSPS) is 10.5. The third kappa shape index (κ3) is 4.20. The molecule has 7 heteroatoms. The minimum Gasteiger partial charge on any atom is -0.497 e. The lowest BCUT2D eigenvalue weighted by molar-refractivity contribution is 0.0954. The van der Waals surface area contributed by atoms with Crippen LogP contribution >= 0.6 is 11.3 Å². The minimum absolute atomic E-state index is 0.0887. The number of carbonyl (C=O) groups is 1. The Morgan fingerprint density at radius 1 is 1.29 bits per heavy atom. The molecular weight excluding hydrogens is 326 g/mol. The molecule has 0 aliphatic rings. The van der Waals surface area contributed by atoms with Gasteiger partial charge in [0.2, 0.25) is 5.89 Å². The second kappa shape index (κ2) is 7.74. The number of benzene rings is 1. The number of hydrogen-bond acceptors (Lipinski definition) is 6. The second-order valence-electron chi connectivity index (χ2n) is 5.15. The maximum atomic E-state index is 11.8. The van der Waals surface area contributed by atoms with Crippen molar-refractivity contribution < 1.29 is 14.1 Å². The van der Waals surface area contributed by atoms with Gasteiger partial charge in [0.15, 0.2) is 5.82 Å². The maximum absolute atomic E-state index is 11.8. The van der Waals surface area contributed by atoms with Crippen LogP contribution < -0.4 is 10.1 Å². The molecule has 3 aromatic rings. The standard InChI is InChI=1S/C17H17N3O3S/c1-22-14-4-2-12(3-5-14)10-15-19-16(23-20-15)6-8-18-17(21)13-7-9-24-11-13/h2-5,7,9,11H,6,8,10H2,1H3,(H,18,21). The lowest BCUT2D eigenvalue weighted by Gasteiger charge is -2.01. The summed E-state index contributed by atoms with van der Waals surface area (Å²) in [4.78, 5) is 16.2. The van der Waals surface area contributed by atoms with Crippen LogP contribution in [0.1, 0.15) is 27.6 Å². The van der Waals surface area contributed by atoms with Gasteiger partial charge in [0.05, 0.1) is 7.11 Å². The molecule has 0 bridgehead atoms. The van der Waals surface area contributed by atoms with Crippen molar-refractivity contribution in [2.75, 3.05) is 13.7 Å². The Labute approximate surface area is 143 Å². The van der Waals surface area contributed by atoms with Crippen molar-refractivity contribution in [3.63, 3.8) is 0 Å². The van der Waals surface area contributed by atoms with Crippen LogP contribution in [0.3, 0.4) is 0 Å². The zero-order valence-corrected chi connectivity index (χ0v) is 14.0. The molecule has 2 heterocycles. The Hall–Kier alpha value is -2.67. The number of nitrogens with one attached hydrogen (secondary N) is 1. The molecule has 24 heavy (non-hydrogen) atoms. The summed E-state index contributed by atoms with van der Waals surface area (Å²) in [5.41, 5.74) is 1.75. The zero-order valence-electron chi connectivity index (χ0n) is 13.2. The molecule has 0 spiro atoms. The number of hydrogen-bond donors (Lipinski definition) is 1. The van der Waals surface area contributed by atoms with Crippen LogP contribution in [0.2, 0.25) is 0 Å². The summed E-state index contributed by atoms with van der Waals surface area (Å²) in [7, 11) is 1.64. The number of thiophene rings is 1. The Balaban J connectivity index is 1.49. The smallest absolute Gasteiger partial charge is 0.252 e. The third-order valence-electron chi connectivity index (χ3n) is 3.44. The summed E-state index contributed by atoms with van der Waals surface area (Å²) in [5.74, 6) is 1.87. The van der Waals surface area contributed by atoms with Gasteiger partial charge >= 0.3 is 0 Å². The first-order valence-electron chi connectivity index (χ1n) is 7.49. The predicted molar refractivity (Wildman–Crippen MR) is 90.5 cm³/mol. The fraction of sp³-hybridized carbons (Fsp3) is 0.235. The Morgan fingerprint density at radius 2 is 2.12 bits per heavy atom. The Kier molecular flexibility index (Phi) is 5.22. The number of carbonyl (C=O) groups excluding carboxylic acids is 1. The van der Waals surface area contributed by atoms with Gasteiger partial charge in [0, 0.05) is 30.3 Å². The minimum atomic E-state index is -0.0887. The molecule has 1 aromatic carbocycles. The van der Waals surface area contributed by atoms with Gasteiger partial charge in [0.25, 0.3) is 5.91 Å². The number of aromatic nitrogens is 2. The second-order valence-corrected chi connectivity index (χ2v) is 5.93. The van der Waals surface area contributed by atoms with Gasteiger partial charge in [-0.1, -0.05) is 17.3 Å². The highest BCUT2D eigenvalue weighted by Crippen LogP contribution is 2.13. The van der Waals surface area contributed by atoms with E-state index in [0.29, 0.717) is 36.7 Å². The van der Waals surface area contributed by atoms with Crippen molar-refractivity contribution in [1.29, 1.82) is 0 Å². The highest BCUT2D eigenvalue weighted by Gasteiger charge is 2.09. The molecule has 2 aromatic heterocycles. The summed E-state index contributed by atoms with van der Waals surface area (Å²) in [5, 5.41) is 10.5. The molecule has 3 rings (SSSR count). The molecule has 6 nitrogen and oxygen atoms in total. The van der Waals surface area contributed by atoms with Crippen molar-refractivity contribution in [3.05, 3.63) is 63.9 Å². The van der Waals surface area contributed by atoms with Gasteiger partial charge in [-0.2, -0.15) is 16.3 Å². The van der Waals surface area contributed by atoms with Crippen LogP contribution in [0, 0.1) is 0 Å². The molecule has 0 aliphatic heterocycles. The van der Waals surface area contributed by atoms with Crippen molar-refractivity contribution in [2.24, 2.45) is 0 Å². The molecule has 0 saturated heterocycles. The van der Waals surface area contributed by atoms with E-state index in [9.17, 15) is 4.79 Å². The van der Waals surface area contributed by atoms with Gasteiger partial charge in [0.1, 0.15) is 5.75 Å². The highest BCUT2D eigenvalue weighted by atomic mass is 32.1. The fourth-order valence-electron chi connectivity index (χ4n) is 2.17. The fourth-order valence-corrected chi connectivity index (χ4v) is 2.80. The molecule has 0 saturated carbocycles. The molecule has 0 fully saturated rings. The van der Waals surface area contributed by atoms with E-state index in [1.165, 1.54) is 11.3 Å². The summed E-state index contributed by atoms with van der Waals surface area (Å²) in [6.45, 7) is 0.457. The van der Waals surface area contributed by atoms with E-state index in [4.69, 9.17) is 9.26 Å². The summed E-state index contributed by atoms with van der Waals surface area (Å²) < 4.78 is 10.3. The first-order valence-corrected chi connectivity index (χ1v) is 8.43. The number of ether oxygens (including phenoxy) is 1. The third-order valence-corrected chi connectivity index (χ3v) is 4.12. The van der Waals surface area contributed by atoms with Crippen LogP contribution in [-0.2, 0) is 12.8 Å². The molecule has 0 aliphatic carbocycles. The van der Waals surface area contributed by atoms with E-state index >= 15 is 0 Å². The van der Waals surface area contributed by atoms with E-state index in [2.05, 4.69) is 15.5 Å². The highest BCUT2D eigenvalue weighted by molar-refractivity contribution is 7.08. The van der Waals surface area contributed by atoms with Crippen molar-refractivity contribution in [1.82, 2.24) is 15.5 Å². The summed E-state index contributed by atoms with van der Waals surface area (Å²) in [6, 6.07) is 9.53. The van der Waals surface area contributed by atoms with E-state index in [0.717, 1.165) is 11.3 Å². The number of amides is 1. The average Bonchev–Trinajstić information content (AvgIpc) is 3.27. The van der Waals surface area contributed by atoms with Crippen LogP contribution in [0.4, 0.5) is 0 Å². The summed E-state index contributed by atoms with van der Waals surface area (Å²) >= 11 is 1.49. The van der Waals surface area contributed by atoms with E-state index < -0.39 is 0 Å². The van der Waals surface area contributed by atoms with Crippen molar-refractivity contribution in [3.8, 4) is 5.75 Å². The van der Waals surface area contributed by atoms with E-state index in [-0.39, 0.29) is 5.91 Å². The number of rotatable bonds is 7. The molecule has 0 unspecified atom stereocenters. The van der Waals surface area contributed by atoms with Gasteiger partial charge in [-0.25, -0.2) is 0 Å². The van der Waals surface area contributed by atoms with Crippen LogP contribution in [0.25, 0.3) is 0 Å². The van der Waals surface area contributed by atoms with E-state index in [1.807, 2.05) is 35.0 Å².